The van der Waals surface area contributed by atoms with E-state index in [-0.39, 0.29) is 5.91 Å². The molecule has 0 radical (unpaired) electrons. The molecule has 98 valence electrons. The minimum Gasteiger partial charge on any atom is -0.340 e. The predicted molar refractivity (Wildman–Crippen MR) is 71.9 cm³/mol. The van der Waals surface area contributed by atoms with Gasteiger partial charge in [-0.15, -0.1) is 0 Å². The molecule has 5 heteroatoms. The third-order valence-electron chi connectivity index (χ3n) is 3.30. The van der Waals surface area contributed by atoms with Gasteiger partial charge < -0.3 is 9.80 Å². The van der Waals surface area contributed by atoms with Gasteiger partial charge in [-0.2, -0.15) is 0 Å². The molecule has 1 saturated heterocycles. The number of carbonyl (C=O) groups excluding carboxylic acids is 1. The van der Waals surface area contributed by atoms with Crippen molar-refractivity contribution in [2.45, 2.75) is 12.8 Å². The fourth-order valence-corrected chi connectivity index (χ4v) is 2.33. The lowest BCUT2D eigenvalue weighted by atomic mass is 10.2. The van der Waals surface area contributed by atoms with Crippen LogP contribution in [0.1, 0.15) is 23.2 Å². The van der Waals surface area contributed by atoms with E-state index in [1.807, 2.05) is 7.05 Å². The molecule has 18 heavy (non-hydrogen) atoms. The maximum Gasteiger partial charge on any atom is 0.256 e. The Morgan fingerprint density at radius 3 is 2.89 bits per heavy atom. The summed E-state index contributed by atoms with van der Waals surface area (Å²) in [6.45, 7) is 3.95. The van der Waals surface area contributed by atoms with Crippen LogP contribution in [0.25, 0.3) is 0 Å². The number of hydrogen-bond donors (Lipinski definition) is 0. The molecule has 4 nitrogen and oxygen atoms in total. The van der Waals surface area contributed by atoms with E-state index < -0.39 is 0 Å². The molecule has 0 aromatic carbocycles. The number of aromatic nitrogens is 1. The number of likely N-dealkylation sites (tertiary alicyclic amines) is 1. The molecule has 2 heterocycles. The van der Waals surface area contributed by atoms with Crippen molar-refractivity contribution in [1.82, 2.24) is 14.8 Å². The van der Waals surface area contributed by atoms with E-state index >= 15 is 0 Å². The molecule has 0 unspecified atom stereocenters. The minimum atomic E-state index is -0.0627. The number of rotatable bonds is 4. The van der Waals surface area contributed by atoms with Crippen molar-refractivity contribution in [3.8, 4) is 0 Å². The number of nitrogens with zero attached hydrogens (tertiary/aromatic N) is 3. The summed E-state index contributed by atoms with van der Waals surface area (Å²) in [4.78, 5) is 20.2. The SMILES string of the molecule is CN(CCN1CCCC1)C(=O)c1cnccc1Cl. The summed E-state index contributed by atoms with van der Waals surface area (Å²) < 4.78 is 0. The van der Waals surface area contributed by atoms with Crippen molar-refractivity contribution >= 4 is 17.5 Å². The first-order chi connectivity index (χ1) is 8.68. The Balaban J connectivity index is 1.90. The minimum absolute atomic E-state index is 0.0627. The molecular weight excluding hydrogens is 250 g/mol. The van der Waals surface area contributed by atoms with Crippen LogP contribution < -0.4 is 0 Å². The number of halogens is 1. The summed E-state index contributed by atoms with van der Waals surface area (Å²) in [6.07, 6.45) is 5.65. The average molecular weight is 268 g/mol. The van der Waals surface area contributed by atoms with Gasteiger partial charge >= 0.3 is 0 Å². The molecule has 1 aliphatic heterocycles. The van der Waals surface area contributed by atoms with Crippen molar-refractivity contribution in [3.63, 3.8) is 0 Å². The maximum absolute atomic E-state index is 12.2. The highest BCUT2D eigenvalue weighted by Crippen LogP contribution is 2.15. The lowest BCUT2D eigenvalue weighted by Crippen LogP contribution is -2.35. The van der Waals surface area contributed by atoms with Crippen molar-refractivity contribution < 1.29 is 4.79 Å². The summed E-state index contributed by atoms with van der Waals surface area (Å²) in [5.74, 6) is -0.0627. The first kappa shape index (κ1) is 13.3. The largest absolute Gasteiger partial charge is 0.340 e. The topological polar surface area (TPSA) is 36.4 Å². The van der Waals surface area contributed by atoms with Crippen LogP contribution in [0.4, 0.5) is 0 Å². The lowest BCUT2D eigenvalue weighted by Gasteiger charge is -2.21. The molecule has 2 rings (SSSR count). The van der Waals surface area contributed by atoms with Gasteiger partial charge in [-0.25, -0.2) is 0 Å². The van der Waals surface area contributed by atoms with Gasteiger partial charge in [-0.3, -0.25) is 9.78 Å². The molecule has 0 aliphatic carbocycles. The van der Waals surface area contributed by atoms with Crippen LogP contribution >= 0.6 is 11.6 Å². The van der Waals surface area contributed by atoms with E-state index in [9.17, 15) is 4.79 Å². The zero-order chi connectivity index (χ0) is 13.0. The standard InChI is InChI=1S/C13H18ClN3O/c1-16(8-9-17-6-2-3-7-17)13(18)11-10-15-5-4-12(11)14/h4-5,10H,2-3,6-9H2,1H3. The summed E-state index contributed by atoms with van der Waals surface area (Å²) in [5, 5.41) is 0.461. The first-order valence-electron chi connectivity index (χ1n) is 6.26. The van der Waals surface area contributed by atoms with Crippen molar-refractivity contribution in [3.05, 3.63) is 29.0 Å². The third-order valence-corrected chi connectivity index (χ3v) is 3.62. The fourth-order valence-electron chi connectivity index (χ4n) is 2.14. The van der Waals surface area contributed by atoms with Gasteiger partial charge in [0.25, 0.3) is 5.91 Å². The highest BCUT2D eigenvalue weighted by atomic mass is 35.5. The summed E-state index contributed by atoms with van der Waals surface area (Å²) in [6, 6.07) is 1.64. The lowest BCUT2D eigenvalue weighted by molar-refractivity contribution is 0.0782. The van der Waals surface area contributed by atoms with Crippen LogP contribution in [0, 0.1) is 0 Å². The summed E-state index contributed by atoms with van der Waals surface area (Å²) in [7, 11) is 1.81. The second-order valence-electron chi connectivity index (χ2n) is 4.63. The van der Waals surface area contributed by atoms with Crippen molar-refractivity contribution in [2.24, 2.45) is 0 Å². The Hall–Kier alpha value is -1.13. The number of likely N-dealkylation sites (N-methyl/N-ethyl adjacent to an activating group) is 1. The number of pyridine rings is 1. The molecule has 1 fully saturated rings. The molecule has 0 N–H and O–H groups in total. The van der Waals surface area contributed by atoms with Gasteiger partial charge in [0.05, 0.1) is 10.6 Å². The van der Waals surface area contributed by atoms with E-state index in [1.54, 1.807) is 17.2 Å². The van der Waals surface area contributed by atoms with E-state index in [1.165, 1.54) is 19.0 Å². The number of carbonyl (C=O) groups is 1. The van der Waals surface area contributed by atoms with E-state index in [2.05, 4.69) is 9.88 Å². The van der Waals surface area contributed by atoms with Crippen LogP contribution in [0.3, 0.4) is 0 Å². The van der Waals surface area contributed by atoms with Crippen LogP contribution in [-0.4, -0.2) is 53.9 Å². The molecule has 0 atom stereocenters. The summed E-state index contributed by atoms with van der Waals surface area (Å²) in [5.41, 5.74) is 0.475. The van der Waals surface area contributed by atoms with Crippen LogP contribution in [0.2, 0.25) is 5.02 Å². The van der Waals surface area contributed by atoms with Gasteiger partial charge in [0, 0.05) is 32.5 Å². The van der Waals surface area contributed by atoms with E-state index in [0.717, 1.165) is 26.2 Å². The zero-order valence-electron chi connectivity index (χ0n) is 10.6. The fraction of sp³-hybridized carbons (Fsp3) is 0.538. The Kier molecular flexibility index (Phi) is 4.55. The van der Waals surface area contributed by atoms with Crippen LogP contribution in [0.5, 0.6) is 0 Å². The normalized spacial score (nSPS) is 15.9. The van der Waals surface area contributed by atoms with Gasteiger partial charge in [-0.1, -0.05) is 11.6 Å². The van der Waals surface area contributed by atoms with Crippen molar-refractivity contribution in [1.29, 1.82) is 0 Å². The van der Waals surface area contributed by atoms with Crippen LogP contribution in [-0.2, 0) is 0 Å². The second kappa shape index (κ2) is 6.16. The molecule has 0 bridgehead atoms. The monoisotopic (exact) mass is 267 g/mol. The average Bonchev–Trinajstić information content (AvgIpc) is 2.89. The second-order valence-corrected chi connectivity index (χ2v) is 5.04. The Morgan fingerprint density at radius 2 is 2.22 bits per heavy atom. The zero-order valence-corrected chi connectivity index (χ0v) is 11.4. The predicted octanol–water partition coefficient (Wildman–Crippen LogP) is 1.90. The Labute approximate surface area is 113 Å². The van der Waals surface area contributed by atoms with Gasteiger partial charge in [0.2, 0.25) is 0 Å². The Bertz CT molecular complexity index is 418. The third kappa shape index (κ3) is 3.21. The molecule has 1 aliphatic rings. The maximum atomic E-state index is 12.2. The molecule has 0 spiro atoms. The van der Waals surface area contributed by atoms with Crippen molar-refractivity contribution in [2.75, 3.05) is 33.2 Å². The number of hydrogen-bond acceptors (Lipinski definition) is 3. The Morgan fingerprint density at radius 1 is 1.50 bits per heavy atom. The number of amides is 1. The van der Waals surface area contributed by atoms with Crippen LogP contribution in [0.15, 0.2) is 18.5 Å². The van der Waals surface area contributed by atoms with Gasteiger partial charge in [0.1, 0.15) is 0 Å². The smallest absolute Gasteiger partial charge is 0.256 e. The highest BCUT2D eigenvalue weighted by molar-refractivity contribution is 6.33. The molecule has 1 amide bonds. The highest BCUT2D eigenvalue weighted by Gasteiger charge is 2.17. The van der Waals surface area contributed by atoms with E-state index in [0.29, 0.717) is 10.6 Å². The molecule has 0 saturated carbocycles. The first-order valence-corrected chi connectivity index (χ1v) is 6.63. The quantitative estimate of drug-likeness (QED) is 0.836. The van der Waals surface area contributed by atoms with Gasteiger partial charge in [-0.05, 0) is 32.0 Å². The van der Waals surface area contributed by atoms with Gasteiger partial charge in [0.15, 0.2) is 0 Å². The van der Waals surface area contributed by atoms with E-state index in [4.69, 9.17) is 11.6 Å². The molecule has 1 aromatic rings. The molecular formula is C13H18ClN3O. The molecule has 1 aromatic heterocycles. The summed E-state index contributed by atoms with van der Waals surface area (Å²) >= 11 is 5.99.